The van der Waals surface area contributed by atoms with Crippen molar-refractivity contribution in [2.24, 2.45) is 11.3 Å². The quantitative estimate of drug-likeness (QED) is 0.261. The van der Waals surface area contributed by atoms with E-state index in [9.17, 15) is 24.3 Å². The molecule has 9 atom stereocenters. The molecule has 2 saturated heterocycles. The van der Waals surface area contributed by atoms with E-state index in [1.807, 2.05) is 13.0 Å². The highest BCUT2D eigenvalue weighted by atomic mass is 16.7. The van der Waals surface area contributed by atoms with E-state index < -0.39 is 76.9 Å². The maximum atomic E-state index is 12.8. The van der Waals surface area contributed by atoms with Gasteiger partial charge in [0.2, 0.25) is 0 Å². The highest BCUT2D eigenvalue weighted by Crippen LogP contribution is 2.64. The number of rotatable bonds is 3. The molecule has 0 aromatic rings. The molecule has 0 aromatic heterocycles. The van der Waals surface area contributed by atoms with Gasteiger partial charge in [0.05, 0.1) is 11.5 Å². The number of esters is 4. The average molecular weight is 507 g/mol. The monoisotopic (exact) mass is 506 g/mol. The zero-order valence-electron chi connectivity index (χ0n) is 21.7. The highest BCUT2D eigenvalue weighted by molar-refractivity contribution is 5.89. The minimum atomic E-state index is -1.39. The Bertz CT molecular complexity index is 1060. The molecule has 9 unspecified atom stereocenters. The Labute approximate surface area is 209 Å². The number of fused-ring (bicyclic) bond motifs is 1. The second-order valence-corrected chi connectivity index (χ2v) is 10.7. The fourth-order valence-electron chi connectivity index (χ4n) is 6.61. The van der Waals surface area contributed by atoms with Crippen LogP contribution in [-0.2, 0) is 42.9 Å². The van der Waals surface area contributed by atoms with Crippen LogP contribution in [0.25, 0.3) is 0 Å². The molecule has 2 heterocycles. The van der Waals surface area contributed by atoms with Crippen molar-refractivity contribution in [3.8, 4) is 0 Å². The highest BCUT2D eigenvalue weighted by Gasteiger charge is 2.86. The largest absolute Gasteiger partial charge is 0.461 e. The first kappa shape index (κ1) is 26.3. The zero-order chi connectivity index (χ0) is 26.8. The predicted octanol–water partition coefficient (Wildman–Crippen LogP) is 1.92. The van der Waals surface area contributed by atoms with Gasteiger partial charge in [-0.3, -0.25) is 14.4 Å². The van der Waals surface area contributed by atoms with Crippen molar-refractivity contribution in [1.29, 1.82) is 0 Å². The molecule has 2 fully saturated rings. The lowest BCUT2D eigenvalue weighted by Gasteiger charge is -2.53. The summed E-state index contributed by atoms with van der Waals surface area (Å²) in [5.41, 5.74) is -2.62. The number of hydrogen-bond acceptors (Lipinski definition) is 10. The Balaban J connectivity index is 1.98. The van der Waals surface area contributed by atoms with E-state index in [1.165, 1.54) is 20.8 Å². The minimum absolute atomic E-state index is 0.145. The van der Waals surface area contributed by atoms with Gasteiger partial charge in [-0.1, -0.05) is 24.1 Å². The number of carbonyl (C=O) groups is 4. The van der Waals surface area contributed by atoms with Gasteiger partial charge in [-0.05, 0) is 26.8 Å². The van der Waals surface area contributed by atoms with Gasteiger partial charge in [0, 0.05) is 39.5 Å². The van der Waals surface area contributed by atoms with Crippen LogP contribution in [0.15, 0.2) is 23.3 Å². The second-order valence-electron chi connectivity index (χ2n) is 10.7. The van der Waals surface area contributed by atoms with Gasteiger partial charge < -0.3 is 28.8 Å². The predicted molar refractivity (Wildman–Crippen MR) is 123 cm³/mol. The van der Waals surface area contributed by atoms with Gasteiger partial charge in [0.1, 0.15) is 18.3 Å². The van der Waals surface area contributed by atoms with Gasteiger partial charge in [-0.15, -0.1) is 0 Å². The van der Waals surface area contributed by atoms with E-state index >= 15 is 0 Å². The fourth-order valence-corrected chi connectivity index (χ4v) is 6.61. The molecule has 4 aliphatic rings. The standard InChI is InChI=1S/C26H34O10/c1-12-10-17(32-14(3)27)22(34-16(5)29)24(6)18(33-15(4)28)9-8-13(2)20(24)21(30)26-19(11-12)35-23(31)25(26,7)36-26/h8,11,17-22,30H,9-10H2,1-7H3. The first-order chi connectivity index (χ1) is 16.7. The topological polar surface area (TPSA) is 138 Å². The molecule has 0 bridgehead atoms. The van der Waals surface area contributed by atoms with Crippen LogP contribution in [0.3, 0.4) is 0 Å². The van der Waals surface area contributed by atoms with E-state index in [1.54, 1.807) is 26.8 Å². The molecule has 0 amide bonds. The van der Waals surface area contributed by atoms with Crippen LogP contribution < -0.4 is 0 Å². The Morgan fingerprint density at radius 3 is 2.19 bits per heavy atom. The van der Waals surface area contributed by atoms with Crippen LogP contribution in [0.1, 0.15) is 61.3 Å². The van der Waals surface area contributed by atoms with Crippen LogP contribution in [0.5, 0.6) is 0 Å². The van der Waals surface area contributed by atoms with Crippen molar-refractivity contribution in [2.45, 2.75) is 103 Å². The minimum Gasteiger partial charge on any atom is -0.461 e. The summed E-state index contributed by atoms with van der Waals surface area (Å²) in [5.74, 6) is -3.16. The third-order valence-corrected chi connectivity index (χ3v) is 8.21. The van der Waals surface area contributed by atoms with Gasteiger partial charge in [-0.25, -0.2) is 4.79 Å². The first-order valence-corrected chi connectivity index (χ1v) is 12.1. The molecular formula is C26H34O10. The number of hydrogen-bond donors (Lipinski definition) is 1. The molecule has 1 N–H and O–H groups in total. The SMILES string of the molecule is CC(=O)OC1CC(C)=CC2OC(=O)C3(C)OC23C(O)C2C(C)=CCC(OC(C)=O)C2(C)C1OC(C)=O. The van der Waals surface area contributed by atoms with E-state index in [2.05, 4.69) is 0 Å². The number of aliphatic hydroxyl groups is 1. The number of epoxide rings is 1. The summed E-state index contributed by atoms with van der Waals surface area (Å²) in [6.07, 6.45) is -1.16. The molecular weight excluding hydrogens is 472 g/mol. The van der Waals surface area contributed by atoms with Gasteiger partial charge in [-0.2, -0.15) is 0 Å². The van der Waals surface area contributed by atoms with Crippen molar-refractivity contribution in [3.05, 3.63) is 23.3 Å². The molecule has 0 radical (unpaired) electrons. The van der Waals surface area contributed by atoms with Crippen molar-refractivity contribution in [1.82, 2.24) is 0 Å². The van der Waals surface area contributed by atoms with Gasteiger partial charge in [0.25, 0.3) is 0 Å². The molecule has 1 spiro atoms. The third kappa shape index (κ3) is 3.76. The molecule has 2 aliphatic heterocycles. The number of carbonyl (C=O) groups excluding carboxylic acids is 4. The molecule has 0 aromatic carbocycles. The van der Waals surface area contributed by atoms with Gasteiger partial charge in [0.15, 0.2) is 17.3 Å². The Morgan fingerprint density at radius 1 is 1.03 bits per heavy atom. The van der Waals surface area contributed by atoms with E-state index in [-0.39, 0.29) is 12.8 Å². The van der Waals surface area contributed by atoms with Gasteiger partial charge >= 0.3 is 23.9 Å². The molecule has 4 rings (SSSR count). The molecule has 10 nitrogen and oxygen atoms in total. The zero-order valence-corrected chi connectivity index (χ0v) is 21.7. The lowest BCUT2D eigenvalue weighted by atomic mass is 9.56. The van der Waals surface area contributed by atoms with Crippen molar-refractivity contribution < 1.29 is 48.0 Å². The average Bonchev–Trinajstić information content (AvgIpc) is 3.34. The van der Waals surface area contributed by atoms with Crippen molar-refractivity contribution >= 4 is 23.9 Å². The summed E-state index contributed by atoms with van der Waals surface area (Å²) in [7, 11) is 0. The fraction of sp³-hybridized carbons (Fsp3) is 0.692. The van der Waals surface area contributed by atoms with Crippen LogP contribution >= 0.6 is 0 Å². The van der Waals surface area contributed by atoms with E-state index in [0.29, 0.717) is 5.57 Å². The normalized spacial score (nSPS) is 43.4. The maximum Gasteiger partial charge on any atom is 0.342 e. The first-order valence-electron chi connectivity index (χ1n) is 12.1. The van der Waals surface area contributed by atoms with Crippen LogP contribution in [0.4, 0.5) is 0 Å². The molecule has 0 saturated carbocycles. The lowest BCUT2D eigenvalue weighted by Crippen LogP contribution is -2.63. The van der Waals surface area contributed by atoms with Crippen LogP contribution in [0, 0.1) is 11.3 Å². The maximum absolute atomic E-state index is 12.8. The van der Waals surface area contributed by atoms with Crippen LogP contribution in [0.2, 0.25) is 0 Å². The third-order valence-electron chi connectivity index (χ3n) is 8.21. The van der Waals surface area contributed by atoms with Crippen LogP contribution in [-0.4, -0.2) is 70.7 Å². The van der Waals surface area contributed by atoms with Crippen molar-refractivity contribution in [2.75, 3.05) is 0 Å². The number of ether oxygens (including phenoxy) is 5. The van der Waals surface area contributed by atoms with E-state index in [0.717, 1.165) is 5.57 Å². The molecule has 2 aliphatic carbocycles. The van der Waals surface area contributed by atoms with E-state index in [4.69, 9.17) is 23.7 Å². The molecule has 198 valence electrons. The summed E-state index contributed by atoms with van der Waals surface area (Å²) < 4.78 is 28.9. The summed E-state index contributed by atoms with van der Waals surface area (Å²) in [5, 5.41) is 12.1. The lowest BCUT2D eigenvalue weighted by molar-refractivity contribution is -0.210. The molecule has 10 heteroatoms. The number of aliphatic hydroxyl groups excluding tert-OH is 1. The Kier molecular flexibility index (Phi) is 6.36. The Hall–Kier alpha value is -2.72. The second kappa shape index (κ2) is 8.69. The summed E-state index contributed by atoms with van der Waals surface area (Å²) in [6, 6.07) is 0. The van der Waals surface area contributed by atoms with Crippen molar-refractivity contribution in [3.63, 3.8) is 0 Å². The summed E-state index contributed by atoms with van der Waals surface area (Å²) >= 11 is 0. The summed E-state index contributed by atoms with van der Waals surface area (Å²) in [6.45, 7) is 10.7. The molecule has 36 heavy (non-hydrogen) atoms. The smallest absolute Gasteiger partial charge is 0.342 e. The Morgan fingerprint density at radius 2 is 1.64 bits per heavy atom. The summed E-state index contributed by atoms with van der Waals surface area (Å²) in [4.78, 5) is 49.5.